The van der Waals surface area contributed by atoms with E-state index in [0.29, 0.717) is 23.6 Å². The molecule has 0 spiro atoms. The van der Waals surface area contributed by atoms with E-state index in [4.69, 9.17) is 24.2 Å². The van der Waals surface area contributed by atoms with Crippen LogP contribution in [0.2, 0.25) is 0 Å². The third-order valence-electron chi connectivity index (χ3n) is 11.0. The summed E-state index contributed by atoms with van der Waals surface area (Å²) in [5.41, 5.74) is 1.67. The number of nitrogens with one attached hydrogen (secondary N) is 1. The zero-order chi connectivity index (χ0) is 31.6. The molecule has 2 bridgehead atoms. The van der Waals surface area contributed by atoms with E-state index in [-0.39, 0.29) is 30.2 Å². The highest BCUT2D eigenvalue weighted by Gasteiger charge is 2.48. The van der Waals surface area contributed by atoms with E-state index < -0.39 is 29.9 Å². The van der Waals surface area contributed by atoms with Gasteiger partial charge in [-0.2, -0.15) is 0 Å². The predicted molar refractivity (Wildman–Crippen MR) is 169 cm³/mol. The second-order valence-electron chi connectivity index (χ2n) is 13.9. The molecule has 0 radical (unpaired) electrons. The normalized spacial score (nSPS) is 32.0. The lowest BCUT2D eigenvalue weighted by Crippen LogP contribution is -2.55. The number of carbonyl (C=O) groups excluding carboxylic acids is 3. The number of aromatic nitrogens is 2. The minimum atomic E-state index is -0.753. The van der Waals surface area contributed by atoms with Gasteiger partial charge >= 0.3 is 6.09 Å². The van der Waals surface area contributed by atoms with Crippen molar-refractivity contribution >= 4 is 29.3 Å². The highest BCUT2D eigenvalue weighted by atomic mass is 16.6. The Morgan fingerprint density at radius 3 is 2.53 bits per heavy atom. The highest BCUT2D eigenvalue weighted by molar-refractivity contribution is 5.88. The SMILES string of the molecule is COc1ccc2nc3c(nc2c1)O[C@H]1CN(C(=O)[C@H](C2CCCCC2)NC(=O)O[C@]2(C)CCC[C@H]2CCCCC3)[C@H](C=O)[C@@H]1C. The number of carbonyl (C=O) groups is 3. The quantitative estimate of drug-likeness (QED) is 0.429. The summed E-state index contributed by atoms with van der Waals surface area (Å²) in [5.74, 6) is 0.884. The van der Waals surface area contributed by atoms with Gasteiger partial charge in [-0.05, 0) is 82.3 Å². The van der Waals surface area contributed by atoms with Crippen molar-refractivity contribution in [3.8, 4) is 11.6 Å². The fraction of sp³-hybridized carbons (Fsp3) is 0.686. The van der Waals surface area contributed by atoms with Gasteiger partial charge in [-0.1, -0.05) is 39.0 Å². The van der Waals surface area contributed by atoms with Gasteiger partial charge in [0.15, 0.2) is 0 Å². The number of hydrogen-bond donors (Lipinski definition) is 1. The molecule has 1 saturated heterocycles. The number of aryl methyl sites for hydroxylation is 1. The zero-order valence-electron chi connectivity index (χ0n) is 27.0. The lowest BCUT2D eigenvalue weighted by Gasteiger charge is -2.36. The smallest absolute Gasteiger partial charge is 0.408 e. The van der Waals surface area contributed by atoms with Gasteiger partial charge in [-0.25, -0.2) is 14.8 Å². The maximum Gasteiger partial charge on any atom is 0.408 e. The number of methoxy groups -OCH3 is 1. The van der Waals surface area contributed by atoms with Crippen LogP contribution in [0.5, 0.6) is 11.6 Å². The van der Waals surface area contributed by atoms with E-state index in [1.165, 1.54) is 0 Å². The minimum absolute atomic E-state index is 0.00732. The van der Waals surface area contributed by atoms with Gasteiger partial charge in [0.1, 0.15) is 35.5 Å². The van der Waals surface area contributed by atoms with Gasteiger partial charge in [0, 0.05) is 12.0 Å². The molecular formula is C35H48N4O6. The molecule has 2 aliphatic heterocycles. The highest BCUT2D eigenvalue weighted by Crippen LogP contribution is 2.42. The summed E-state index contributed by atoms with van der Waals surface area (Å²) in [6.07, 6.45) is 12.2. The molecule has 2 aliphatic carbocycles. The summed E-state index contributed by atoms with van der Waals surface area (Å²) in [6, 6.07) is 4.20. The first-order valence-electron chi connectivity index (χ1n) is 17.1. The van der Waals surface area contributed by atoms with E-state index in [0.717, 1.165) is 94.5 Å². The van der Waals surface area contributed by atoms with Gasteiger partial charge in [-0.15, -0.1) is 0 Å². The van der Waals surface area contributed by atoms with Gasteiger partial charge < -0.3 is 29.2 Å². The second-order valence-corrected chi connectivity index (χ2v) is 13.9. The molecule has 2 aromatic rings. The van der Waals surface area contributed by atoms with Crippen molar-refractivity contribution < 1.29 is 28.6 Å². The van der Waals surface area contributed by atoms with Gasteiger partial charge in [0.2, 0.25) is 11.8 Å². The third-order valence-corrected chi connectivity index (χ3v) is 11.0. The average Bonchev–Trinajstić information content (AvgIpc) is 3.56. The molecule has 3 fully saturated rings. The third kappa shape index (κ3) is 6.61. The van der Waals surface area contributed by atoms with Crippen molar-refractivity contribution in [3.05, 3.63) is 23.9 Å². The number of nitrogens with zero attached hydrogens (tertiary/aromatic N) is 3. The van der Waals surface area contributed by atoms with E-state index in [1.54, 1.807) is 12.0 Å². The first kappa shape index (κ1) is 31.5. The van der Waals surface area contributed by atoms with Crippen LogP contribution in [0.25, 0.3) is 11.0 Å². The van der Waals surface area contributed by atoms with Crippen molar-refractivity contribution in [3.63, 3.8) is 0 Å². The molecule has 45 heavy (non-hydrogen) atoms. The number of ether oxygens (including phenoxy) is 3. The number of aldehydes is 1. The van der Waals surface area contributed by atoms with Crippen LogP contribution in [-0.4, -0.2) is 70.6 Å². The Morgan fingerprint density at radius 2 is 1.76 bits per heavy atom. The van der Waals surface area contributed by atoms with E-state index in [1.807, 2.05) is 25.1 Å². The molecule has 6 rings (SSSR count). The van der Waals surface area contributed by atoms with Crippen LogP contribution in [0.3, 0.4) is 0 Å². The number of benzene rings is 1. The number of fused-ring (bicyclic) bond motifs is 5. The Balaban J connectivity index is 1.35. The summed E-state index contributed by atoms with van der Waals surface area (Å²) in [4.78, 5) is 51.9. The van der Waals surface area contributed by atoms with Gasteiger partial charge in [0.25, 0.3) is 0 Å². The molecule has 2 amide bonds. The Morgan fingerprint density at radius 1 is 1.00 bits per heavy atom. The number of alkyl carbamates (subject to hydrolysis) is 1. The van der Waals surface area contributed by atoms with Gasteiger partial charge in [0.05, 0.1) is 30.7 Å². The second kappa shape index (κ2) is 13.5. The summed E-state index contributed by atoms with van der Waals surface area (Å²) in [5, 5.41) is 3.02. The molecule has 1 N–H and O–H groups in total. The lowest BCUT2D eigenvalue weighted by atomic mass is 9.83. The van der Waals surface area contributed by atoms with Crippen LogP contribution in [0.1, 0.15) is 96.6 Å². The van der Waals surface area contributed by atoms with Crippen molar-refractivity contribution in [2.45, 2.75) is 121 Å². The minimum Gasteiger partial charge on any atom is -0.497 e. The molecule has 1 aromatic heterocycles. The zero-order valence-corrected chi connectivity index (χ0v) is 27.0. The summed E-state index contributed by atoms with van der Waals surface area (Å²) in [7, 11) is 1.62. The van der Waals surface area contributed by atoms with Crippen molar-refractivity contribution in [2.75, 3.05) is 13.7 Å². The molecular weight excluding hydrogens is 572 g/mol. The van der Waals surface area contributed by atoms with Crippen LogP contribution in [-0.2, 0) is 20.7 Å². The molecule has 6 atom stereocenters. The molecule has 3 heterocycles. The molecule has 244 valence electrons. The van der Waals surface area contributed by atoms with Crippen LogP contribution >= 0.6 is 0 Å². The first-order valence-corrected chi connectivity index (χ1v) is 17.1. The van der Waals surface area contributed by atoms with Gasteiger partial charge in [-0.3, -0.25) is 4.79 Å². The number of amides is 2. The fourth-order valence-electron chi connectivity index (χ4n) is 8.20. The van der Waals surface area contributed by atoms with Crippen LogP contribution < -0.4 is 14.8 Å². The Kier molecular flexibility index (Phi) is 9.47. The Bertz CT molecular complexity index is 1400. The summed E-state index contributed by atoms with van der Waals surface area (Å²) >= 11 is 0. The van der Waals surface area contributed by atoms with E-state index in [9.17, 15) is 14.4 Å². The molecule has 10 heteroatoms. The van der Waals surface area contributed by atoms with Crippen molar-refractivity contribution in [2.24, 2.45) is 17.8 Å². The topological polar surface area (TPSA) is 120 Å². The molecule has 2 saturated carbocycles. The Labute approximate surface area is 266 Å². The monoisotopic (exact) mass is 620 g/mol. The van der Waals surface area contributed by atoms with Crippen LogP contribution in [0.15, 0.2) is 18.2 Å². The standard InChI is InChI=1S/C35H48N4O6/c1-22-29(21-40)39-20-30(22)44-32-27(36-26-17-16-25(43-3)19-28(26)37-32)15-9-5-8-13-24-14-10-18-35(24,2)45-34(42)38-31(33(39)41)23-11-6-4-7-12-23/h16-17,19,21-24,29-31H,4-15,18,20H2,1-3H3,(H,38,42)/t22-,24+,29+,30-,31-,35+/m0/s1. The van der Waals surface area contributed by atoms with Crippen LogP contribution in [0, 0.1) is 17.8 Å². The fourth-order valence-corrected chi connectivity index (χ4v) is 8.20. The number of rotatable bonds is 3. The maximum absolute atomic E-state index is 14.4. The van der Waals surface area contributed by atoms with Crippen molar-refractivity contribution in [1.29, 1.82) is 0 Å². The summed E-state index contributed by atoms with van der Waals surface area (Å²) in [6.45, 7) is 4.22. The first-order chi connectivity index (χ1) is 21.8. The molecule has 4 aliphatic rings. The van der Waals surface area contributed by atoms with E-state index >= 15 is 0 Å². The molecule has 1 aromatic carbocycles. The van der Waals surface area contributed by atoms with Crippen molar-refractivity contribution in [1.82, 2.24) is 20.2 Å². The summed E-state index contributed by atoms with van der Waals surface area (Å²) < 4.78 is 18.2. The maximum atomic E-state index is 14.4. The largest absolute Gasteiger partial charge is 0.497 e. The predicted octanol–water partition coefficient (Wildman–Crippen LogP) is 5.78. The van der Waals surface area contributed by atoms with Crippen LogP contribution in [0.4, 0.5) is 4.79 Å². The number of hydrogen-bond acceptors (Lipinski definition) is 8. The van der Waals surface area contributed by atoms with E-state index in [2.05, 4.69) is 12.2 Å². The average molecular weight is 621 g/mol. The Hall–Kier alpha value is -3.43. The molecule has 0 unspecified atom stereocenters. The molecule has 10 nitrogen and oxygen atoms in total. The lowest BCUT2D eigenvalue weighted by molar-refractivity contribution is -0.138.